The molecule has 0 saturated heterocycles. The Bertz CT molecular complexity index is 629. The number of amides is 1. The average molecular weight is 320 g/mol. The van der Waals surface area contributed by atoms with Crippen LogP contribution in [0.3, 0.4) is 0 Å². The Morgan fingerprint density at radius 3 is 2.95 bits per heavy atom. The van der Waals surface area contributed by atoms with Crippen molar-refractivity contribution in [3.05, 3.63) is 36.2 Å². The monoisotopic (exact) mass is 319 g/mol. The second-order valence-electron chi connectivity index (χ2n) is 3.72. The van der Waals surface area contributed by atoms with Crippen LogP contribution in [0.4, 0.5) is 5.82 Å². The molecule has 7 heteroatoms. The molecule has 19 heavy (non-hydrogen) atoms. The maximum absolute atomic E-state index is 11.7. The largest absolute Gasteiger partial charge is 0.308 e. The fourth-order valence-corrected chi connectivity index (χ4v) is 1.53. The molecule has 0 aromatic carbocycles. The SMILES string of the molecule is CC(Br)C(=O)Nc1c(C#N)cnn1-c1ccccn1. The zero-order chi connectivity index (χ0) is 13.8. The summed E-state index contributed by atoms with van der Waals surface area (Å²) in [5.74, 6) is 0.591. The van der Waals surface area contributed by atoms with Crippen LogP contribution in [-0.4, -0.2) is 25.5 Å². The van der Waals surface area contributed by atoms with Crippen molar-refractivity contribution in [1.82, 2.24) is 14.8 Å². The van der Waals surface area contributed by atoms with E-state index in [1.807, 2.05) is 6.07 Å². The second kappa shape index (κ2) is 5.63. The van der Waals surface area contributed by atoms with Crippen LogP contribution in [0.2, 0.25) is 0 Å². The van der Waals surface area contributed by atoms with Crippen LogP contribution < -0.4 is 5.32 Å². The van der Waals surface area contributed by atoms with Crippen molar-refractivity contribution in [1.29, 1.82) is 5.26 Å². The third-order valence-corrected chi connectivity index (χ3v) is 2.77. The van der Waals surface area contributed by atoms with Gasteiger partial charge < -0.3 is 5.32 Å². The molecule has 0 radical (unpaired) electrons. The van der Waals surface area contributed by atoms with Crippen molar-refractivity contribution in [2.24, 2.45) is 0 Å². The topological polar surface area (TPSA) is 83.6 Å². The number of halogens is 1. The van der Waals surface area contributed by atoms with Gasteiger partial charge in [0.15, 0.2) is 11.6 Å². The van der Waals surface area contributed by atoms with Gasteiger partial charge in [-0.3, -0.25) is 4.79 Å². The first-order valence-electron chi connectivity index (χ1n) is 5.48. The molecule has 1 atom stereocenters. The van der Waals surface area contributed by atoms with E-state index in [0.717, 1.165) is 0 Å². The number of nitriles is 1. The van der Waals surface area contributed by atoms with Gasteiger partial charge >= 0.3 is 0 Å². The molecule has 6 nitrogen and oxygen atoms in total. The molecular formula is C12H10BrN5O. The number of nitrogens with zero attached hydrogens (tertiary/aromatic N) is 4. The van der Waals surface area contributed by atoms with Crippen molar-refractivity contribution in [3.63, 3.8) is 0 Å². The lowest BCUT2D eigenvalue weighted by Crippen LogP contribution is -2.22. The summed E-state index contributed by atoms with van der Waals surface area (Å²) in [4.78, 5) is 15.5. The second-order valence-corrected chi connectivity index (χ2v) is 5.10. The van der Waals surface area contributed by atoms with Crippen molar-refractivity contribution in [3.8, 4) is 11.9 Å². The first kappa shape index (κ1) is 13.2. The number of hydrogen-bond donors (Lipinski definition) is 1. The standard InChI is InChI=1S/C12H10BrN5O/c1-8(13)12(19)17-11-9(6-14)7-16-18(11)10-4-2-3-5-15-10/h2-5,7-8H,1H3,(H,17,19). The summed E-state index contributed by atoms with van der Waals surface area (Å²) in [6.45, 7) is 1.70. The smallest absolute Gasteiger partial charge is 0.239 e. The van der Waals surface area contributed by atoms with Crippen molar-refractivity contribution >= 4 is 27.7 Å². The zero-order valence-corrected chi connectivity index (χ0v) is 11.6. The first-order valence-corrected chi connectivity index (χ1v) is 6.39. The maximum atomic E-state index is 11.7. The van der Waals surface area contributed by atoms with Crippen molar-refractivity contribution < 1.29 is 4.79 Å². The minimum Gasteiger partial charge on any atom is -0.308 e. The molecule has 96 valence electrons. The van der Waals surface area contributed by atoms with Gasteiger partial charge in [-0.05, 0) is 19.1 Å². The third kappa shape index (κ3) is 2.80. The van der Waals surface area contributed by atoms with Gasteiger partial charge in [0, 0.05) is 6.20 Å². The molecule has 0 spiro atoms. The number of carbonyl (C=O) groups is 1. The third-order valence-electron chi connectivity index (χ3n) is 2.36. The molecule has 2 rings (SSSR count). The molecule has 0 aliphatic heterocycles. The van der Waals surface area contributed by atoms with Crippen LogP contribution in [-0.2, 0) is 4.79 Å². The van der Waals surface area contributed by atoms with Crippen molar-refractivity contribution in [2.45, 2.75) is 11.8 Å². The van der Waals surface area contributed by atoms with Gasteiger partial charge in [0.05, 0.1) is 11.0 Å². The fraction of sp³-hybridized carbons (Fsp3) is 0.167. The lowest BCUT2D eigenvalue weighted by atomic mass is 10.3. The highest BCUT2D eigenvalue weighted by Gasteiger charge is 2.17. The van der Waals surface area contributed by atoms with Gasteiger partial charge in [-0.25, -0.2) is 4.98 Å². The molecule has 0 bridgehead atoms. The van der Waals surface area contributed by atoms with Crippen LogP contribution >= 0.6 is 15.9 Å². The highest BCUT2D eigenvalue weighted by atomic mass is 79.9. The van der Waals surface area contributed by atoms with E-state index in [0.29, 0.717) is 11.6 Å². The molecule has 1 amide bonds. The van der Waals surface area contributed by atoms with Gasteiger partial charge in [0.25, 0.3) is 0 Å². The van der Waals surface area contributed by atoms with Crippen LogP contribution in [0.1, 0.15) is 12.5 Å². The first-order chi connectivity index (χ1) is 9.13. The average Bonchev–Trinajstić information content (AvgIpc) is 2.82. The number of aromatic nitrogens is 3. The Labute approximate surface area is 118 Å². The van der Waals surface area contributed by atoms with Crippen LogP contribution in [0.5, 0.6) is 0 Å². The van der Waals surface area contributed by atoms with Crippen LogP contribution in [0.15, 0.2) is 30.6 Å². The normalized spacial score (nSPS) is 11.6. The molecule has 0 fully saturated rings. The number of anilines is 1. The molecule has 1 unspecified atom stereocenters. The van der Waals surface area contributed by atoms with Gasteiger partial charge in [0.1, 0.15) is 11.6 Å². The van der Waals surface area contributed by atoms with Crippen molar-refractivity contribution in [2.75, 3.05) is 5.32 Å². The van der Waals surface area contributed by atoms with Gasteiger partial charge in [-0.15, -0.1) is 0 Å². The number of rotatable bonds is 3. The minimum absolute atomic E-state index is 0.255. The summed E-state index contributed by atoms with van der Waals surface area (Å²) in [5.41, 5.74) is 0.284. The van der Waals surface area contributed by atoms with E-state index in [-0.39, 0.29) is 16.3 Å². The fourth-order valence-electron chi connectivity index (χ4n) is 1.42. The van der Waals surface area contributed by atoms with E-state index < -0.39 is 0 Å². The van der Waals surface area contributed by atoms with E-state index in [4.69, 9.17) is 5.26 Å². The Morgan fingerprint density at radius 2 is 2.37 bits per heavy atom. The van der Waals surface area contributed by atoms with E-state index in [1.165, 1.54) is 10.9 Å². The minimum atomic E-state index is -0.369. The molecular weight excluding hydrogens is 310 g/mol. The summed E-state index contributed by atoms with van der Waals surface area (Å²) >= 11 is 3.17. The predicted molar refractivity (Wildman–Crippen MR) is 73.1 cm³/mol. The Hall–Kier alpha value is -2.20. The zero-order valence-electron chi connectivity index (χ0n) is 10.0. The lowest BCUT2D eigenvalue weighted by Gasteiger charge is -2.09. The van der Waals surface area contributed by atoms with E-state index in [9.17, 15) is 4.79 Å². The highest BCUT2D eigenvalue weighted by molar-refractivity contribution is 9.10. The van der Waals surface area contributed by atoms with Gasteiger partial charge in [-0.2, -0.15) is 15.0 Å². The summed E-state index contributed by atoms with van der Waals surface area (Å²) in [6, 6.07) is 7.30. The lowest BCUT2D eigenvalue weighted by molar-refractivity contribution is -0.115. The van der Waals surface area contributed by atoms with E-state index in [2.05, 4.69) is 31.3 Å². The predicted octanol–water partition coefficient (Wildman–Crippen LogP) is 1.86. The summed E-state index contributed by atoms with van der Waals surface area (Å²) in [5, 5.41) is 15.8. The van der Waals surface area contributed by atoms with E-state index in [1.54, 1.807) is 31.3 Å². The Kier molecular flexibility index (Phi) is 3.92. The Morgan fingerprint density at radius 1 is 1.58 bits per heavy atom. The number of hydrogen-bond acceptors (Lipinski definition) is 4. The van der Waals surface area contributed by atoms with E-state index >= 15 is 0 Å². The number of alkyl halides is 1. The molecule has 2 heterocycles. The molecule has 0 aliphatic rings. The molecule has 0 aliphatic carbocycles. The number of nitrogens with one attached hydrogen (secondary N) is 1. The van der Waals surface area contributed by atoms with Crippen LogP contribution in [0, 0.1) is 11.3 Å². The quantitative estimate of drug-likeness (QED) is 0.875. The summed E-state index contributed by atoms with van der Waals surface area (Å²) in [6.07, 6.45) is 3.00. The van der Waals surface area contributed by atoms with Crippen LogP contribution in [0.25, 0.3) is 5.82 Å². The number of pyridine rings is 1. The molecule has 0 saturated carbocycles. The van der Waals surface area contributed by atoms with Gasteiger partial charge in [-0.1, -0.05) is 22.0 Å². The molecule has 2 aromatic rings. The van der Waals surface area contributed by atoms with Gasteiger partial charge in [0.2, 0.25) is 5.91 Å². The molecule has 1 N–H and O–H groups in total. The highest BCUT2D eigenvalue weighted by Crippen LogP contribution is 2.19. The maximum Gasteiger partial charge on any atom is 0.239 e. The Balaban J connectivity index is 2.44. The number of carbonyl (C=O) groups excluding carboxylic acids is 1. The molecule has 2 aromatic heterocycles. The summed E-state index contributed by atoms with van der Waals surface area (Å²) in [7, 11) is 0. The summed E-state index contributed by atoms with van der Waals surface area (Å²) < 4.78 is 1.42.